The minimum absolute atomic E-state index is 0.0500. The minimum Gasteiger partial charge on any atom is -0.493 e. The van der Waals surface area contributed by atoms with Crippen LogP contribution in [0.2, 0.25) is 0 Å². The van der Waals surface area contributed by atoms with E-state index in [0.717, 1.165) is 31.7 Å². The minimum atomic E-state index is -0.0500. The van der Waals surface area contributed by atoms with Crippen molar-refractivity contribution in [3.05, 3.63) is 23.8 Å². The predicted molar refractivity (Wildman–Crippen MR) is 99.3 cm³/mol. The summed E-state index contributed by atoms with van der Waals surface area (Å²) in [5, 5.41) is 0. The molecule has 1 saturated heterocycles. The second kappa shape index (κ2) is 9.43. The predicted octanol–water partition coefficient (Wildman–Crippen LogP) is 1.22. The monoisotopic (exact) mass is 363 g/mol. The summed E-state index contributed by atoms with van der Waals surface area (Å²) < 4.78 is 10.6. The first-order chi connectivity index (χ1) is 12.4. The number of likely N-dealkylation sites (N-methyl/N-ethyl adjacent to an activating group) is 1. The average Bonchev–Trinajstić information content (AvgIpc) is 2.64. The van der Waals surface area contributed by atoms with E-state index < -0.39 is 0 Å². The van der Waals surface area contributed by atoms with E-state index >= 15 is 0 Å². The molecule has 7 heteroatoms. The largest absolute Gasteiger partial charge is 0.493 e. The maximum Gasteiger partial charge on any atom is 0.224 e. The molecule has 0 unspecified atom stereocenters. The third kappa shape index (κ3) is 5.36. The molecule has 0 spiro atoms. The van der Waals surface area contributed by atoms with Gasteiger partial charge in [-0.25, -0.2) is 0 Å². The highest BCUT2D eigenvalue weighted by atomic mass is 16.5. The van der Waals surface area contributed by atoms with Gasteiger partial charge >= 0.3 is 0 Å². The number of piperazine rings is 1. The van der Waals surface area contributed by atoms with E-state index in [0.29, 0.717) is 31.0 Å². The fraction of sp³-hybridized carbons (Fsp3) is 0.579. The summed E-state index contributed by atoms with van der Waals surface area (Å²) in [4.78, 5) is 30.2. The van der Waals surface area contributed by atoms with E-state index in [9.17, 15) is 9.59 Å². The van der Waals surface area contributed by atoms with Crippen LogP contribution in [-0.2, 0) is 16.1 Å². The van der Waals surface area contributed by atoms with Crippen molar-refractivity contribution >= 4 is 11.8 Å². The Bertz CT molecular complexity index is 627. The first-order valence-electron chi connectivity index (χ1n) is 8.87. The fourth-order valence-corrected chi connectivity index (χ4v) is 2.99. The molecule has 0 atom stereocenters. The first-order valence-corrected chi connectivity index (χ1v) is 8.87. The molecule has 1 aromatic rings. The maximum atomic E-state index is 12.4. The van der Waals surface area contributed by atoms with Crippen LogP contribution in [0.25, 0.3) is 0 Å². The van der Waals surface area contributed by atoms with Gasteiger partial charge in [-0.1, -0.05) is 6.07 Å². The van der Waals surface area contributed by atoms with Crippen molar-refractivity contribution in [2.24, 2.45) is 0 Å². The molecule has 2 amide bonds. The van der Waals surface area contributed by atoms with Gasteiger partial charge in [-0.2, -0.15) is 0 Å². The lowest BCUT2D eigenvalue weighted by Gasteiger charge is -2.33. The summed E-state index contributed by atoms with van der Waals surface area (Å²) in [6.07, 6.45) is 0.344. The number of hydrogen-bond donors (Lipinski definition) is 0. The molecule has 0 aromatic heterocycles. The number of carbonyl (C=O) groups is 2. The van der Waals surface area contributed by atoms with Crippen LogP contribution in [0.3, 0.4) is 0 Å². The number of benzene rings is 1. The van der Waals surface area contributed by atoms with Gasteiger partial charge in [-0.3, -0.25) is 9.59 Å². The van der Waals surface area contributed by atoms with Crippen molar-refractivity contribution in [1.82, 2.24) is 14.7 Å². The van der Waals surface area contributed by atoms with Crippen molar-refractivity contribution in [3.8, 4) is 11.5 Å². The normalized spacial score (nSPS) is 14.8. The molecule has 0 N–H and O–H groups in total. The number of ether oxygens (including phenoxy) is 2. The summed E-state index contributed by atoms with van der Waals surface area (Å²) in [5.41, 5.74) is 0.935. The molecule has 2 rings (SSSR count). The van der Waals surface area contributed by atoms with Crippen LogP contribution in [0, 0.1) is 0 Å². The summed E-state index contributed by atoms with van der Waals surface area (Å²) >= 11 is 0. The van der Waals surface area contributed by atoms with Crippen molar-refractivity contribution in [1.29, 1.82) is 0 Å². The molecule has 0 bridgehead atoms. The maximum absolute atomic E-state index is 12.4. The van der Waals surface area contributed by atoms with Gasteiger partial charge in [0.25, 0.3) is 0 Å². The quantitative estimate of drug-likeness (QED) is 0.729. The number of rotatable bonds is 7. The van der Waals surface area contributed by atoms with Crippen LogP contribution in [0.4, 0.5) is 0 Å². The number of carbonyl (C=O) groups excluding carboxylic acids is 2. The SMILES string of the molecule is COc1ccc(CN(CCC(=O)N2CCN(C)CC2)C(C)=O)cc1OC. The third-order valence-electron chi connectivity index (χ3n) is 4.72. The Morgan fingerprint density at radius 1 is 1.08 bits per heavy atom. The van der Waals surface area contributed by atoms with Crippen molar-refractivity contribution in [3.63, 3.8) is 0 Å². The molecule has 1 fully saturated rings. The highest BCUT2D eigenvalue weighted by Crippen LogP contribution is 2.28. The Morgan fingerprint density at radius 3 is 2.31 bits per heavy atom. The highest BCUT2D eigenvalue weighted by molar-refractivity contribution is 5.78. The first kappa shape index (κ1) is 20.0. The lowest BCUT2D eigenvalue weighted by molar-refractivity contribution is -0.134. The van der Waals surface area contributed by atoms with Gasteiger partial charge in [-0.05, 0) is 24.7 Å². The topological polar surface area (TPSA) is 62.3 Å². The molecular weight excluding hydrogens is 334 g/mol. The molecule has 0 saturated carbocycles. The molecule has 1 aliphatic rings. The van der Waals surface area contributed by atoms with Gasteiger partial charge in [0.05, 0.1) is 14.2 Å². The Kier molecular flexibility index (Phi) is 7.26. The van der Waals surface area contributed by atoms with Crippen LogP contribution < -0.4 is 9.47 Å². The number of nitrogens with zero attached hydrogens (tertiary/aromatic N) is 3. The van der Waals surface area contributed by atoms with Crippen LogP contribution in [-0.4, -0.2) is 80.5 Å². The van der Waals surface area contributed by atoms with E-state index in [1.807, 2.05) is 23.1 Å². The molecular formula is C19H29N3O4. The standard InChI is InChI=1S/C19H29N3O4/c1-15(23)22(8-7-19(24)21-11-9-20(2)10-12-21)14-16-5-6-17(25-3)18(13-16)26-4/h5-6,13H,7-12,14H2,1-4H3. The van der Waals surface area contributed by atoms with E-state index in [1.165, 1.54) is 6.92 Å². The van der Waals surface area contributed by atoms with E-state index in [1.54, 1.807) is 19.1 Å². The molecule has 144 valence electrons. The Morgan fingerprint density at radius 2 is 1.73 bits per heavy atom. The Hall–Kier alpha value is -2.28. The smallest absolute Gasteiger partial charge is 0.224 e. The fourth-order valence-electron chi connectivity index (χ4n) is 2.99. The van der Waals surface area contributed by atoms with E-state index in [2.05, 4.69) is 11.9 Å². The molecule has 7 nitrogen and oxygen atoms in total. The van der Waals surface area contributed by atoms with Gasteiger partial charge < -0.3 is 24.2 Å². The van der Waals surface area contributed by atoms with Crippen molar-refractivity contribution in [2.75, 3.05) is 54.0 Å². The Balaban J connectivity index is 1.94. The van der Waals surface area contributed by atoms with E-state index in [-0.39, 0.29) is 11.8 Å². The molecule has 1 aliphatic heterocycles. The summed E-state index contributed by atoms with van der Waals surface area (Å²) in [6.45, 7) is 5.68. The van der Waals surface area contributed by atoms with Gasteiger partial charge in [-0.15, -0.1) is 0 Å². The zero-order valence-corrected chi connectivity index (χ0v) is 16.2. The van der Waals surface area contributed by atoms with Gasteiger partial charge in [0, 0.05) is 52.6 Å². The summed E-state index contributed by atoms with van der Waals surface area (Å²) in [7, 11) is 5.23. The van der Waals surface area contributed by atoms with Gasteiger partial charge in [0.2, 0.25) is 11.8 Å². The number of amides is 2. The number of methoxy groups -OCH3 is 2. The molecule has 1 heterocycles. The lowest BCUT2D eigenvalue weighted by Crippen LogP contribution is -2.47. The van der Waals surface area contributed by atoms with Crippen LogP contribution >= 0.6 is 0 Å². The molecule has 1 aromatic carbocycles. The van der Waals surface area contributed by atoms with Gasteiger partial charge in [0.15, 0.2) is 11.5 Å². The third-order valence-corrected chi connectivity index (χ3v) is 4.72. The second-order valence-corrected chi connectivity index (χ2v) is 6.56. The van der Waals surface area contributed by atoms with Crippen molar-refractivity contribution in [2.45, 2.75) is 19.9 Å². The zero-order valence-electron chi connectivity index (χ0n) is 16.2. The highest BCUT2D eigenvalue weighted by Gasteiger charge is 2.20. The zero-order chi connectivity index (χ0) is 19.1. The summed E-state index contributed by atoms with van der Waals surface area (Å²) in [6, 6.07) is 5.58. The van der Waals surface area contributed by atoms with Gasteiger partial charge in [0.1, 0.15) is 0 Å². The molecule has 0 aliphatic carbocycles. The van der Waals surface area contributed by atoms with E-state index in [4.69, 9.17) is 9.47 Å². The average molecular weight is 363 g/mol. The lowest BCUT2D eigenvalue weighted by atomic mass is 10.1. The van der Waals surface area contributed by atoms with Crippen LogP contribution in [0.15, 0.2) is 18.2 Å². The van der Waals surface area contributed by atoms with Crippen LogP contribution in [0.5, 0.6) is 11.5 Å². The second-order valence-electron chi connectivity index (χ2n) is 6.56. The summed E-state index contributed by atoms with van der Waals surface area (Å²) in [5.74, 6) is 1.33. The number of hydrogen-bond acceptors (Lipinski definition) is 5. The van der Waals surface area contributed by atoms with Crippen LogP contribution in [0.1, 0.15) is 18.9 Å². The van der Waals surface area contributed by atoms with Crippen molar-refractivity contribution < 1.29 is 19.1 Å². The molecule has 0 radical (unpaired) electrons. The molecule has 26 heavy (non-hydrogen) atoms. The Labute approximate surface area is 155 Å².